The van der Waals surface area contributed by atoms with Gasteiger partial charge in [0.05, 0.1) is 5.41 Å². The first-order chi connectivity index (χ1) is 10.5. The Kier molecular flexibility index (Phi) is 9.61. The maximum absolute atomic E-state index is 12.1. The minimum absolute atomic E-state index is 0.0244. The zero-order chi connectivity index (χ0) is 17.3. The Morgan fingerprint density at radius 3 is 2.23 bits per heavy atom. The summed E-state index contributed by atoms with van der Waals surface area (Å²) in [4.78, 5) is 12.1. The summed E-state index contributed by atoms with van der Waals surface area (Å²) in [5.74, 6) is 0.0888. The van der Waals surface area contributed by atoms with E-state index in [-0.39, 0.29) is 24.3 Å². The third-order valence-corrected chi connectivity index (χ3v) is 4.86. The van der Waals surface area contributed by atoms with Crippen molar-refractivity contribution in [3.63, 3.8) is 0 Å². The first-order valence-electron chi connectivity index (χ1n) is 8.14. The van der Waals surface area contributed by atoms with Crippen LogP contribution in [0.2, 0.25) is 0 Å². The van der Waals surface area contributed by atoms with Crippen LogP contribution in [0.15, 0.2) is 28.7 Å². The van der Waals surface area contributed by atoms with Gasteiger partial charge < -0.3 is 10.4 Å². The Morgan fingerprint density at radius 2 is 1.77 bits per heavy atom. The maximum atomic E-state index is 12.1. The van der Waals surface area contributed by atoms with E-state index in [1.807, 2.05) is 58.9 Å². The van der Waals surface area contributed by atoms with E-state index < -0.39 is 5.41 Å². The molecule has 1 fully saturated rings. The van der Waals surface area contributed by atoms with E-state index in [9.17, 15) is 9.90 Å². The highest BCUT2D eigenvalue weighted by atomic mass is 79.9. The molecule has 1 aromatic carbocycles. The van der Waals surface area contributed by atoms with E-state index in [4.69, 9.17) is 0 Å². The molecule has 0 radical (unpaired) electrons. The number of carbonyl (C=O) groups excluding carboxylic acids is 1. The van der Waals surface area contributed by atoms with E-state index >= 15 is 0 Å². The van der Waals surface area contributed by atoms with Gasteiger partial charge in [0, 0.05) is 23.5 Å². The minimum Gasteiger partial charge on any atom is -0.396 e. The molecule has 1 saturated heterocycles. The van der Waals surface area contributed by atoms with Crippen LogP contribution in [-0.2, 0) is 4.79 Å². The monoisotopic (exact) mass is 371 g/mol. The molecule has 0 aromatic heterocycles. The van der Waals surface area contributed by atoms with Gasteiger partial charge in [-0.3, -0.25) is 4.79 Å². The molecule has 1 heterocycles. The topological polar surface area (TPSA) is 49.3 Å². The highest BCUT2D eigenvalue weighted by Crippen LogP contribution is 2.44. The number of rotatable bonds is 3. The van der Waals surface area contributed by atoms with Crippen LogP contribution >= 0.6 is 15.9 Å². The number of hydrogen-bond acceptors (Lipinski definition) is 2. The number of aliphatic hydroxyl groups is 1. The van der Waals surface area contributed by atoms with E-state index in [0.717, 1.165) is 10.0 Å². The van der Waals surface area contributed by atoms with E-state index in [1.54, 1.807) is 0 Å². The highest BCUT2D eigenvalue weighted by Gasteiger charge is 2.50. The number of hydrogen-bond donors (Lipinski definition) is 2. The van der Waals surface area contributed by atoms with Crippen molar-refractivity contribution in [2.24, 2.45) is 11.3 Å². The van der Waals surface area contributed by atoms with Crippen molar-refractivity contribution in [1.82, 2.24) is 5.32 Å². The van der Waals surface area contributed by atoms with Gasteiger partial charge in [-0.2, -0.15) is 0 Å². The lowest BCUT2D eigenvalue weighted by Gasteiger charge is -2.34. The quantitative estimate of drug-likeness (QED) is 0.829. The molecule has 3 atom stereocenters. The zero-order valence-corrected chi connectivity index (χ0v) is 16.2. The number of aliphatic hydroxyl groups excluding tert-OH is 1. The fraction of sp³-hybridized carbons (Fsp3) is 0.611. The summed E-state index contributed by atoms with van der Waals surface area (Å²) >= 11 is 3.41. The first-order valence-corrected chi connectivity index (χ1v) is 8.94. The lowest BCUT2D eigenvalue weighted by molar-refractivity contribution is -0.129. The van der Waals surface area contributed by atoms with Gasteiger partial charge in [-0.1, -0.05) is 62.7 Å². The highest BCUT2D eigenvalue weighted by molar-refractivity contribution is 9.10. The second kappa shape index (κ2) is 10.0. The Hall–Kier alpha value is -0.870. The third kappa shape index (κ3) is 4.32. The Labute approximate surface area is 143 Å². The summed E-state index contributed by atoms with van der Waals surface area (Å²) in [5, 5.41) is 12.3. The van der Waals surface area contributed by atoms with Crippen molar-refractivity contribution >= 4 is 21.8 Å². The van der Waals surface area contributed by atoms with Crippen LogP contribution in [0.5, 0.6) is 0 Å². The third-order valence-electron chi connectivity index (χ3n) is 4.34. The predicted octanol–water partition coefficient (Wildman–Crippen LogP) is 4.35. The van der Waals surface area contributed by atoms with Crippen molar-refractivity contribution in [1.29, 1.82) is 0 Å². The second-order valence-electron chi connectivity index (χ2n) is 5.15. The molecule has 0 bridgehead atoms. The molecule has 22 heavy (non-hydrogen) atoms. The van der Waals surface area contributed by atoms with Gasteiger partial charge in [0.2, 0.25) is 5.91 Å². The zero-order valence-electron chi connectivity index (χ0n) is 14.6. The Balaban J connectivity index is 0.00000102. The molecule has 4 heteroatoms. The van der Waals surface area contributed by atoms with Crippen LogP contribution in [0.25, 0.3) is 0 Å². The molecule has 0 aliphatic carbocycles. The van der Waals surface area contributed by atoms with Crippen molar-refractivity contribution in [2.45, 2.75) is 47.5 Å². The molecule has 1 unspecified atom stereocenters. The predicted molar refractivity (Wildman–Crippen MR) is 96.9 cm³/mol. The normalized spacial score (nSPS) is 24.4. The number of benzene rings is 1. The summed E-state index contributed by atoms with van der Waals surface area (Å²) < 4.78 is 1.03. The summed E-state index contributed by atoms with van der Waals surface area (Å²) in [6, 6.07) is 8.02. The summed E-state index contributed by atoms with van der Waals surface area (Å²) in [6.45, 7) is 12.6. The van der Waals surface area contributed by atoms with E-state index in [0.29, 0.717) is 6.54 Å². The molecule has 0 spiro atoms. The summed E-state index contributed by atoms with van der Waals surface area (Å²) in [7, 11) is 0. The van der Waals surface area contributed by atoms with Gasteiger partial charge in [0.25, 0.3) is 0 Å². The van der Waals surface area contributed by atoms with Crippen LogP contribution in [0.3, 0.4) is 0 Å². The molecule has 1 amide bonds. The van der Waals surface area contributed by atoms with Crippen LogP contribution in [0, 0.1) is 11.3 Å². The molecule has 3 nitrogen and oxygen atoms in total. The van der Waals surface area contributed by atoms with E-state index in [1.165, 1.54) is 0 Å². The maximum Gasteiger partial charge on any atom is 0.226 e. The van der Waals surface area contributed by atoms with Crippen LogP contribution in [0.1, 0.15) is 53.0 Å². The van der Waals surface area contributed by atoms with Gasteiger partial charge in [0.1, 0.15) is 0 Å². The molecule has 2 rings (SSSR count). The Bertz CT molecular complexity index is 447. The number of amides is 1. The first kappa shape index (κ1) is 21.1. The van der Waals surface area contributed by atoms with Crippen molar-refractivity contribution < 1.29 is 9.90 Å². The average Bonchev–Trinajstić information content (AvgIpc) is 2.87. The summed E-state index contributed by atoms with van der Waals surface area (Å²) in [6.07, 6.45) is 0. The lowest BCUT2D eigenvalue weighted by atomic mass is 9.68. The van der Waals surface area contributed by atoms with Crippen molar-refractivity contribution in [2.75, 3.05) is 13.2 Å². The minimum atomic E-state index is -0.539. The average molecular weight is 372 g/mol. The van der Waals surface area contributed by atoms with Gasteiger partial charge in [-0.25, -0.2) is 0 Å². The molecule has 1 aliphatic heterocycles. The molecule has 0 saturated carbocycles. The Morgan fingerprint density at radius 1 is 1.27 bits per heavy atom. The van der Waals surface area contributed by atoms with Crippen molar-refractivity contribution in [3.05, 3.63) is 34.3 Å². The van der Waals surface area contributed by atoms with Gasteiger partial charge in [0.15, 0.2) is 0 Å². The molecule has 1 aliphatic rings. The summed E-state index contributed by atoms with van der Waals surface area (Å²) in [5.41, 5.74) is 0.582. The van der Waals surface area contributed by atoms with Gasteiger partial charge in [-0.15, -0.1) is 0 Å². The fourth-order valence-electron chi connectivity index (χ4n) is 2.71. The molecular weight excluding hydrogens is 342 g/mol. The number of halogens is 1. The molecule has 126 valence electrons. The number of carbonyl (C=O) groups is 1. The second-order valence-corrected chi connectivity index (χ2v) is 6.06. The van der Waals surface area contributed by atoms with Gasteiger partial charge >= 0.3 is 0 Å². The molecular formula is C18H30BrNO2. The van der Waals surface area contributed by atoms with Crippen LogP contribution < -0.4 is 5.32 Å². The van der Waals surface area contributed by atoms with Crippen LogP contribution in [0.4, 0.5) is 0 Å². The van der Waals surface area contributed by atoms with Gasteiger partial charge in [-0.05, 0) is 30.5 Å². The lowest BCUT2D eigenvalue weighted by Crippen LogP contribution is -2.38. The largest absolute Gasteiger partial charge is 0.396 e. The fourth-order valence-corrected chi connectivity index (χ4v) is 2.97. The van der Waals surface area contributed by atoms with Crippen LogP contribution in [-0.4, -0.2) is 24.2 Å². The molecule has 2 N–H and O–H groups in total. The van der Waals surface area contributed by atoms with E-state index in [2.05, 4.69) is 28.2 Å². The SMILES string of the molecule is CC.CC.CC(c1ccc(Br)cc1)[C@@]1(C)C(=O)NC[C@@H]1CO. The smallest absolute Gasteiger partial charge is 0.226 e. The standard InChI is InChI=1S/C14H18BrNO2.2C2H6/c1-9(10-3-5-12(15)6-4-10)14(2)11(8-17)7-16-13(14)18;2*1-2/h3-6,9,11,17H,7-8H2,1-2H3,(H,16,18);2*1-2H3/t9?,11-,14-;;/m1../s1. The molecule has 1 aromatic rings. The van der Waals surface area contributed by atoms with Crippen molar-refractivity contribution in [3.8, 4) is 0 Å². The number of nitrogens with one attached hydrogen (secondary N) is 1.